The molecule has 0 radical (unpaired) electrons. The lowest BCUT2D eigenvalue weighted by Crippen LogP contribution is -2.40. The van der Waals surface area contributed by atoms with Gasteiger partial charge in [-0.15, -0.1) is 10.2 Å². The predicted molar refractivity (Wildman–Crippen MR) is 93.1 cm³/mol. The first-order valence-corrected chi connectivity index (χ1v) is 9.40. The quantitative estimate of drug-likeness (QED) is 0.735. The monoisotopic (exact) mass is 395 g/mol. The van der Waals surface area contributed by atoms with E-state index in [1.54, 1.807) is 0 Å². The van der Waals surface area contributed by atoms with Gasteiger partial charge in [-0.1, -0.05) is 30.8 Å². The number of nitrogens with zero attached hydrogens (tertiary/aromatic N) is 3. The fourth-order valence-electron chi connectivity index (χ4n) is 2.64. The summed E-state index contributed by atoms with van der Waals surface area (Å²) in [6, 6.07) is 7.68. The largest absolute Gasteiger partial charge is 0.411 e. The Hall–Kier alpha value is -1.34. The second-order valence-corrected chi connectivity index (χ2v) is 7.51. The van der Waals surface area contributed by atoms with Gasteiger partial charge in [-0.2, -0.15) is 0 Å². The summed E-state index contributed by atoms with van der Waals surface area (Å²) in [4.78, 5) is 14.2. The fourth-order valence-corrected chi connectivity index (χ4v) is 3.76. The molecule has 5 nitrogen and oxygen atoms in total. The predicted octanol–water partition coefficient (Wildman–Crippen LogP) is 3.85. The van der Waals surface area contributed by atoms with E-state index in [1.807, 2.05) is 29.2 Å². The number of thioether (sulfide) groups is 1. The van der Waals surface area contributed by atoms with Gasteiger partial charge in [-0.3, -0.25) is 4.79 Å². The topological polar surface area (TPSA) is 59.2 Å². The number of halogens is 1. The molecule has 23 heavy (non-hydrogen) atoms. The summed E-state index contributed by atoms with van der Waals surface area (Å²) < 4.78 is 6.55. The average molecular weight is 396 g/mol. The Morgan fingerprint density at radius 3 is 3.04 bits per heavy atom. The number of amides is 1. The lowest BCUT2D eigenvalue weighted by molar-refractivity contribution is -0.130. The summed E-state index contributed by atoms with van der Waals surface area (Å²) in [5.74, 6) is 1.52. The molecule has 122 valence electrons. The van der Waals surface area contributed by atoms with Crippen LogP contribution in [0.15, 0.2) is 38.4 Å². The van der Waals surface area contributed by atoms with E-state index < -0.39 is 0 Å². The van der Waals surface area contributed by atoms with Crippen molar-refractivity contribution in [3.8, 4) is 11.5 Å². The molecule has 1 aromatic heterocycles. The Kier molecular flexibility index (Phi) is 5.38. The molecular formula is C16H18BrN3O2S. The van der Waals surface area contributed by atoms with Crippen LogP contribution in [0.25, 0.3) is 11.5 Å². The molecule has 0 unspecified atom stereocenters. The lowest BCUT2D eigenvalue weighted by atomic mass is 10.0. The van der Waals surface area contributed by atoms with E-state index in [0.717, 1.165) is 29.5 Å². The van der Waals surface area contributed by atoms with Crippen molar-refractivity contribution in [2.24, 2.45) is 5.92 Å². The highest BCUT2D eigenvalue weighted by molar-refractivity contribution is 9.10. The standard InChI is InChI=1S/C16H18BrN3O2S/c1-11-5-4-8-20(9-11)14(21)10-23-16-19-18-15(22-16)12-6-2-3-7-13(12)17/h2-3,6-7,11H,4-5,8-10H2,1H3/t11-/m0/s1. The number of likely N-dealkylation sites (tertiary alicyclic amines) is 1. The molecule has 0 bridgehead atoms. The molecule has 1 fully saturated rings. The van der Waals surface area contributed by atoms with Crippen molar-refractivity contribution in [3.05, 3.63) is 28.7 Å². The van der Waals surface area contributed by atoms with Crippen LogP contribution in [-0.4, -0.2) is 39.8 Å². The minimum atomic E-state index is 0.141. The van der Waals surface area contributed by atoms with Crippen molar-refractivity contribution in [1.82, 2.24) is 15.1 Å². The summed E-state index contributed by atoms with van der Waals surface area (Å²) in [6.07, 6.45) is 2.29. The zero-order valence-corrected chi connectivity index (χ0v) is 15.3. The number of carbonyl (C=O) groups is 1. The Morgan fingerprint density at radius 2 is 2.26 bits per heavy atom. The third-order valence-corrected chi connectivity index (χ3v) is 5.33. The van der Waals surface area contributed by atoms with Crippen molar-refractivity contribution in [2.75, 3.05) is 18.8 Å². The zero-order chi connectivity index (χ0) is 16.2. The minimum absolute atomic E-state index is 0.141. The molecule has 2 heterocycles. The molecule has 1 aliphatic heterocycles. The lowest BCUT2D eigenvalue weighted by Gasteiger charge is -2.30. The van der Waals surface area contributed by atoms with Gasteiger partial charge in [0, 0.05) is 17.6 Å². The molecule has 2 aromatic rings. The summed E-state index contributed by atoms with van der Waals surface area (Å²) >= 11 is 4.76. The van der Waals surface area contributed by atoms with Gasteiger partial charge in [0.2, 0.25) is 11.8 Å². The summed E-state index contributed by atoms with van der Waals surface area (Å²) in [5, 5.41) is 8.50. The van der Waals surface area contributed by atoms with Crippen molar-refractivity contribution >= 4 is 33.6 Å². The molecule has 0 N–H and O–H groups in total. The van der Waals surface area contributed by atoms with Gasteiger partial charge >= 0.3 is 0 Å². The van der Waals surface area contributed by atoms with E-state index in [-0.39, 0.29) is 5.91 Å². The molecule has 1 atom stereocenters. The molecule has 0 saturated carbocycles. The third-order valence-electron chi connectivity index (χ3n) is 3.84. The van der Waals surface area contributed by atoms with Crippen LogP contribution in [0.5, 0.6) is 0 Å². The van der Waals surface area contributed by atoms with E-state index >= 15 is 0 Å². The number of hydrogen-bond donors (Lipinski definition) is 0. The summed E-state index contributed by atoms with van der Waals surface area (Å²) in [7, 11) is 0. The molecule has 1 amide bonds. The van der Waals surface area contributed by atoms with Crippen molar-refractivity contribution in [3.63, 3.8) is 0 Å². The summed E-state index contributed by atoms with van der Waals surface area (Å²) in [6.45, 7) is 3.90. The van der Waals surface area contributed by atoms with Crippen LogP contribution in [0.3, 0.4) is 0 Å². The number of benzene rings is 1. The maximum absolute atomic E-state index is 12.3. The van der Waals surface area contributed by atoms with Gasteiger partial charge in [0.15, 0.2) is 0 Å². The zero-order valence-electron chi connectivity index (χ0n) is 12.9. The number of hydrogen-bond acceptors (Lipinski definition) is 5. The number of piperidine rings is 1. The highest BCUT2D eigenvalue weighted by Crippen LogP contribution is 2.29. The SMILES string of the molecule is C[C@H]1CCCN(C(=O)CSc2nnc(-c3ccccc3Br)o2)C1. The van der Waals surface area contributed by atoms with E-state index in [0.29, 0.717) is 22.8 Å². The number of carbonyl (C=O) groups excluding carboxylic acids is 1. The Balaban J connectivity index is 1.59. The Labute approximate surface area is 148 Å². The smallest absolute Gasteiger partial charge is 0.277 e. The van der Waals surface area contributed by atoms with Gasteiger partial charge in [0.1, 0.15) is 0 Å². The highest BCUT2D eigenvalue weighted by atomic mass is 79.9. The molecule has 1 saturated heterocycles. The van der Waals surface area contributed by atoms with Crippen LogP contribution in [0.2, 0.25) is 0 Å². The van der Waals surface area contributed by atoms with Crippen LogP contribution >= 0.6 is 27.7 Å². The first-order chi connectivity index (χ1) is 11.1. The maximum Gasteiger partial charge on any atom is 0.277 e. The number of rotatable bonds is 4. The van der Waals surface area contributed by atoms with Crippen molar-refractivity contribution < 1.29 is 9.21 Å². The first-order valence-electron chi connectivity index (χ1n) is 7.62. The van der Waals surface area contributed by atoms with Gasteiger partial charge in [-0.25, -0.2) is 0 Å². The minimum Gasteiger partial charge on any atom is -0.411 e. The molecule has 7 heteroatoms. The van der Waals surface area contributed by atoms with Gasteiger partial charge < -0.3 is 9.32 Å². The van der Waals surface area contributed by atoms with E-state index in [2.05, 4.69) is 33.1 Å². The Morgan fingerprint density at radius 1 is 1.43 bits per heavy atom. The molecule has 1 aliphatic rings. The van der Waals surface area contributed by atoms with Crippen LogP contribution in [0.1, 0.15) is 19.8 Å². The second-order valence-electron chi connectivity index (χ2n) is 5.73. The van der Waals surface area contributed by atoms with Gasteiger partial charge in [0.25, 0.3) is 5.22 Å². The van der Waals surface area contributed by atoms with Gasteiger partial charge in [0.05, 0.1) is 11.3 Å². The van der Waals surface area contributed by atoms with Crippen molar-refractivity contribution in [2.45, 2.75) is 25.0 Å². The fraction of sp³-hybridized carbons (Fsp3) is 0.438. The van der Waals surface area contributed by atoms with Crippen LogP contribution < -0.4 is 0 Å². The molecule has 0 spiro atoms. The summed E-state index contributed by atoms with van der Waals surface area (Å²) in [5.41, 5.74) is 0.850. The van der Waals surface area contributed by atoms with E-state index in [4.69, 9.17) is 4.42 Å². The molecular weight excluding hydrogens is 378 g/mol. The molecule has 3 rings (SSSR count). The molecule has 1 aromatic carbocycles. The van der Waals surface area contributed by atoms with Gasteiger partial charge in [-0.05, 0) is 46.8 Å². The number of aromatic nitrogens is 2. The van der Waals surface area contributed by atoms with E-state index in [9.17, 15) is 4.79 Å². The third kappa shape index (κ3) is 4.14. The van der Waals surface area contributed by atoms with E-state index in [1.165, 1.54) is 18.2 Å². The van der Waals surface area contributed by atoms with Crippen LogP contribution in [-0.2, 0) is 4.79 Å². The highest BCUT2D eigenvalue weighted by Gasteiger charge is 2.21. The average Bonchev–Trinajstić information content (AvgIpc) is 3.02. The van der Waals surface area contributed by atoms with Crippen molar-refractivity contribution in [1.29, 1.82) is 0 Å². The van der Waals surface area contributed by atoms with Crippen LogP contribution in [0.4, 0.5) is 0 Å². The maximum atomic E-state index is 12.3. The van der Waals surface area contributed by atoms with Crippen LogP contribution in [0, 0.1) is 5.92 Å². The second kappa shape index (κ2) is 7.49. The normalized spacial score (nSPS) is 18.2. The molecule has 0 aliphatic carbocycles. The Bertz CT molecular complexity index is 691. The first kappa shape index (κ1) is 16.5.